The van der Waals surface area contributed by atoms with E-state index in [0.29, 0.717) is 47.6 Å². The lowest BCUT2D eigenvalue weighted by Crippen LogP contribution is -2.40. The Morgan fingerprint density at radius 1 is 0.973 bits per heavy atom. The third-order valence-corrected chi connectivity index (χ3v) is 6.46. The summed E-state index contributed by atoms with van der Waals surface area (Å²) in [5.74, 6) is 1.27. The summed E-state index contributed by atoms with van der Waals surface area (Å²) in [5, 5.41) is 0.533. The largest absolute Gasteiger partial charge is 0.497 e. The SMILES string of the molecule is COc1ccc(-n2c(C(C)N(CCc3ccccc3)C(=O)CC(C)(C)C)nc3ccccc3c2=O)cc1. The molecule has 1 aromatic heterocycles. The molecule has 0 spiro atoms. The lowest BCUT2D eigenvalue weighted by atomic mass is 9.91. The van der Waals surface area contributed by atoms with Gasteiger partial charge in [0.1, 0.15) is 11.6 Å². The molecule has 192 valence electrons. The molecule has 0 saturated heterocycles. The van der Waals surface area contributed by atoms with Crippen molar-refractivity contribution < 1.29 is 9.53 Å². The molecule has 4 rings (SSSR count). The third kappa shape index (κ3) is 6.08. The van der Waals surface area contributed by atoms with Crippen LogP contribution in [0.2, 0.25) is 0 Å². The van der Waals surface area contributed by atoms with Gasteiger partial charge in [0.05, 0.1) is 29.7 Å². The van der Waals surface area contributed by atoms with Crippen molar-refractivity contribution in [1.82, 2.24) is 14.5 Å². The Balaban J connectivity index is 1.83. The zero-order chi connectivity index (χ0) is 26.6. The number of hydrogen-bond acceptors (Lipinski definition) is 4. The number of methoxy groups -OCH3 is 1. The van der Waals surface area contributed by atoms with Gasteiger partial charge in [-0.15, -0.1) is 0 Å². The Labute approximate surface area is 218 Å². The van der Waals surface area contributed by atoms with Gasteiger partial charge in [0.15, 0.2) is 0 Å². The van der Waals surface area contributed by atoms with Crippen molar-refractivity contribution in [1.29, 1.82) is 0 Å². The fourth-order valence-electron chi connectivity index (χ4n) is 4.53. The molecule has 37 heavy (non-hydrogen) atoms. The van der Waals surface area contributed by atoms with E-state index in [9.17, 15) is 9.59 Å². The van der Waals surface area contributed by atoms with Gasteiger partial charge >= 0.3 is 0 Å². The summed E-state index contributed by atoms with van der Waals surface area (Å²) >= 11 is 0. The molecule has 0 aliphatic heterocycles. The Morgan fingerprint density at radius 2 is 1.62 bits per heavy atom. The van der Waals surface area contributed by atoms with Crippen LogP contribution in [0.25, 0.3) is 16.6 Å². The number of fused-ring (bicyclic) bond motifs is 1. The van der Waals surface area contributed by atoms with Crippen molar-refractivity contribution in [3.63, 3.8) is 0 Å². The molecule has 1 amide bonds. The van der Waals surface area contributed by atoms with Gasteiger partial charge in [-0.05, 0) is 60.7 Å². The monoisotopic (exact) mass is 497 g/mol. The maximum absolute atomic E-state index is 13.8. The standard InChI is InChI=1S/C31H35N3O3/c1-22(33(28(35)21-31(2,3)4)20-19-23-11-7-6-8-12-23)29-32-27-14-10-9-13-26(27)30(36)34(29)24-15-17-25(37-5)18-16-24/h6-18,22H,19-21H2,1-5H3. The number of carbonyl (C=O) groups is 1. The predicted molar refractivity (Wildman–Crippen MR) is 148 cm³/mol. The lowest BCUT2D eigenvalue weighted by Gasteiger charge is -2.33. The minimum atomic E-state index is -0.432. The molecule has 0 fully saturated rings. The van der Waals surface area contributed by atoms with Gasteiger partial charge in [0, 0.05) is 13.0 Å². The van der Waals surface area contributed by atoms with Crippen molar-refractivity contribution in [2.75, 3.05) is 13.7 Å². The van der Waals surface area contributed by atoms with Crippen LogP contribution in [-0.4, -0.2) is 34.0 Å². The minimum Gasteiger partial charge on any atom is -0.497 e. The maximum atomic E-state index is 13.8. The van der Waals surface area contributed by atoms with Crippen LogP contribution < -0.4 is 10.3 Å². The van der Waals surface area contributed by atoms with E-state index in [1.54, 1.807) is 17.7 Å². The highest BCUT2D eigenvalue weighted by Gasteiger charge is 2.29. The number of hydrogen-bond donors (Lipinski definition) is 0. The highest BCUT2D eigenvalue weighted by Crippen LogP contribution is 2.28. The number of nitrogens with zero attached hydrogens (tertiary/aromatic N) is 3. The molecule has 1 atom stereocenters. The number of aromatic nitrogens is 2. The Bertz CT molecular complexity index is 1420. The molecule has 0 radical (unpaired) electrons. The van der Waals surface area contributed by atoms with Crippen LogP contribution >= 0.6 is 0 Å². The molecule has 4 aromatic rings. The quantitative estimate of drug-likeness (QED) is 0.301. The van der Waals surface area contributed by atoms with Crippen molar-refractivity contribution >= 4 is 16.8 Å². The van der Waals surface area contributed by atoms with Gasteiger partial charge in [0.25, 0.3) is 5.56 Å². The first-order valence-electron chi connectivity index (χ1n) is 12.7. The van der Waals surface area contributed by atoms with Crippen molar-refractivity contribution in [2.45, 2.75) is 46.6 Å². The van der Waals surface area contributed by atoms with Gasteiger partial charge in [0.2, 0.25) is 5.91 Å². The number of amides is 1. The second kappa shape index (κ2) is 11.0. The summed E-state index contributed by atoms with van der Waals surface area (Å²) in [7, 11) is 1.61. The van der Waals surface area contributed by atoms with E-state index in [1.165, 1.54) is 0 Å². The molecule has 1 unspecified atom stereocenters. The topological polar surface area (TPSA) is 64.4 Å². The molecule has 3 aromatic carbocycles. The fraction of sp³-hybridized carbons (Fsp3) is 0.323. The first kappa shape index (κ1) is 26.1. The van der Waals surface area contributed by atoms with Crippen LogP contribution in [0.5, 0.6) is 5.75 Å². The maximum Gasteiger partial charge on any atom is 0.266 e. The van der Waals surface area contributed by atoms with E-state index in [-0.39, 0.29) is 16.9 Å². The number of para-hydroxylation sites is 1. The second-order valence-electron chi connectivity index (χ2n) is 10.6. The number of benzene rings is 3. The first-order valence-corrected chi connectivity index (χ1v) is 12.7. The van der Waals surface area contributed by atoms with Crippen molar-refractivity contribution in [3.05, 3.63) is 101 Å². The van der Waals surface area contributed by atoms with E-state index in [0.717, 1.165) is 5.56 Å². The summed E-state index contributed by atoms with van der Waals surface area (Å²) in [6, 6.07) is 24.4. The Morgan fingerprint density at radius 3 is 2.27 bits per heavy atom. The smallest absolute Gasteiger partial charge is 0.266 e. The molecule has 1 heterocycles. The second-order valence-corrected chi connectivity index (χ2v) is 10.6. The van der Waals surface area contributed by atoms with Gasteiger partial charge in [-0.2, -0.15) is 0 Å². The summed E-state index contributed by atoms with van der Waals surface area (Å²) in [6.07, 6.45) is 1.11. The van der Waals surface area contributed by atoms with E-state index in [1.807, 2.05) is 72.5 Å². The van der Waals surface area contributed by atoms with Gasteiger partial charge in [-0.25, -0.2) is 4.98 Å². The van der Waals surface area contributed by atoms with Gasteiger partial charge < -0.3 is 9.64 Å². The average Bonchev–Trinajstić information content (AvgIpc) is 2.88. The molecule has 0 aliphatic carbocycles. The van der Waals surface area contributed by atoms with Gasteiger partial charge in [-0.1, -0.05) is 63.2 Å². The number of rotatable bonds is 8. The van der Waals surface area contributed by atoms with Crippen LogP contribution in [0.3, 0.4) is 0 Å². The molecule has 0 saturated carbocycles. The molecule has 6 nitrogen and oxygen atoms in total. The Hall–Kier alpha value is -3.93. The lowest BCUT2D eigenvalue weighted by molar-refractivity contribution is -0.135. The zero-order valence-corrected chi connectivity index (χ0v) is 22.3. The fourth-order valence-corrected chi connectivity index (χ4v) is 4.53. The average molecular weight is 498 g/mol. The minimum absolute atomic E-state index is 0.0413. The van der Waals surface area contributed by atoms with Crippen LogP contribution in [0.1, 0.15) is 51.5 Å². The third-order valence-electron chi connectivity index (χ3n) is 6.46. The zero-order valence-electron chi connectivity index (χ0n) is 22.3. The van der Waals surface area contributed by atoms with E-state index < -0.39 is 6.04 Å². The first-order chi connectivity index (χ1) is 17.7. The van der Waals surface area contributed by atoms with Crippen molar-refractivity contribution in [3.8, 4) is 11.4 Å². The summed E-state index contributed by atoms with van der Waals surface area (Å²) in [6.45, 7) is 8.67. The molecule has 0 N–H and O–H groups in total. The van der Waals surface area contributed by atoms with Crippen molar-refractivity contribution in [2.24, 2.45) is 5.41 Å². The van der Waals surface area contributed by atoms with Crippen LogP contribution in [-0.2, 0) is 11.2 Å². The van der Waals surface area contributed by atoms with E-state index in [4.69, 9.17) is 9.72 Å². The summed E-state index contributed by atoms with van der Waals surface area (Å²) in [4.78, 5) is 34.3. The molecule has 0 aliphatic rings. The van der Waals surface area contributed by atoms with Crippen LogP contribution in [0.4, 0.5) is 0 Å². The predicted octanol–water partition coefficient (Wildman–Crippen LogP) is 5.96. The van der Waals surface area contributed by atoms with Crippen LogP contribution in [0, 0.1) is 5.41 Å². The molecular formula is C31H35N3O3. The summed E-state index contributed by atoms with van der Waals surface area (Å²) in [5.41, 5.74) is 2.11. The number of carbonyl (C=O) groups excluding carboxylic acids is 1. The number of ether oxygens (including phenoxy) is 1. The Kier molecular flexibility index (Phi) is 7.77. The molecular weight excluding hydrogens is 462 g/mol. The summed E-state index contributed by atoms with van der Waals surface area (Å²) < 4.78 is 6.95. The molecule has 6 heteroatoms. The highest BCUT2D eigenvalue weighted by atomic mass is 16.5. The molecule has 0 bridgehead atoms. The van der Waals surface area contributed by atoms with E-state index >= 15 is 0 Å². The van der Waals surface area contributed by atoms with E-state index in [2.05, 4.69) is 32.9 Å². The highest BCUT2D eigenvalue weighted by molar-refractivity contribution is 5.79. The van der Waals surface area contributed by atoms with Gasteiger partial charge in [-0.3, -0.25) is 14.2 Å². The normalized spacial score (nSPS) is 12.4. The van der Waals surface area contributed by atoms with Crippen LogP contribution in [0.15, 0.2) is 83.7 Å².